The van der Waals surface area contributed by atoms with Crippen LogP contribution in [0.5, 0.6) is 0 Å². The average molecular weight is 412 g/mol. The van der Waals surface area contributed by atoms with Gasteiger partial charge in [-0.3, -0.25) is 14.8 Å². The van der Waals surface area contributed by atoms with E-state index >= 15 is 0 Å². The molecule has 0 aliphatic rings. The number of thioether (sulfide) groups is 1. The third kappa shape index (κ3) is 4.09. The van der Waals surface area contributed by atoms with Crippen molar-refractivity contribution in [3.8, 4) is 5.40 Å². The summed E-state index contributed by atoms with van der Waals surface area (Å²) in [4.78, 5) is 10.8. The van der Waals surface area contributed by atoms with Crippen LogP contribution in [0, 0.1) is 41.5 Å². The summed E-state index contributed by atoms with van der Waals surface area (Å²) in [6.45, 7) is 4.86. The Bertz CT molecular complexity index is 1020. The number of nitro benzene ring substituents is 1. The number of nitrogens with one attached hydrogen (secondary N) is 1. The maximum Gasteiger partial charge on any atom is 0.275 e. The van der Waals surface area contributed by atoms with Gasteiger partial charge in [0.15, 0.2) is 0 Å². The number of nitriles is 1. The molecule has 0 saturated carbocycles. The molecule has 0 atom stereocenters. The fraction of sp³-hybridized carbons (Fsp3) is 0.188. The SMILES string of the molecule is Cc1cc(SC#N)cc(C)c1NS(=O)(=O)c1cc(Cl)c(C)c([N+](=O)[O-])c1. The summed E-state index contributed by atoms with van der Waals surface area (Å²) in [7, 11) is -4.09. The van der Waals surface area contributed by atoms with E-state index in [1.54, 1.807) is 26.0 Å². The second-order valence-corrected chi connectivity index (χ2v) is 8.48. The Labute approximate surface area is 160 Å². The minimum absolute atomic E-state index is 0.00575. The van der Waals surface area contributed by atoms with Crippen LogP contribution in [0.2, 0.25) is 5.02 Å². The van der Waals surface area contributed by atoms with E-state index in [2.05, 4.69) is 4.72 Å². The third-order valence-electron chi connectivity index (χ3n) is 3.70. The van der Waals surface area contributed by atoms with E-state index in [9.17, 15) is 18.5 Å². The van der Waals surface area contributed by atoms with Crippen molar-refractivity contribution >= 4 is 44.8 Å². The van der Waals surface area contributed by atoms with E-state index in [-0.39, 0.29) is 21.2 Å². The van der Waals surface area contributed by atoms with Crippen molar-refractivity contribution < 1.29 is 13.3 Å². The van der Waals surface area contributed by atoms with Crippen molar-refractivity contribution in [1.29, 1.82) is 5.26 Å². The van der Waals surface area contributed by atoms with Crippen molar-refractivity contribution in [3.63, 3.8) is 0 Å². The van der Waals surface area contributed by atoms with E-state index in [1.165, 1.54) is 13.0 Å². The highest BCUT2D eigenvalue weighted by atomic mass is 35.5. The molecule has 0 saturated heterocycles. The number of anilines is 1. The molecule has 0 unspecified atom stereocenters. The highest BCUT2D eigenvalue weighted by molar-refractivity contribution is 8.03. The topological polar surface area (TPSA) is 113 Å². The largest absolute Gasteiger partial charge is 0.279 e. The number of rotatable bonds is 5. The van der Waals surface area contributed by atoms with Crippen LogP contribution in [0.3, 0.4) is 0 Å². The summed E-state index contributed by atoms with van der Waals surface area (Å²) in [5.41, 5.74) is 1.43. The standard InChI is InChI=1S/C16H14ClN3O4S2/c1-9-4-12(25-8-18)5-10(2)16(9)19-26(23,24)13-6-14(17)11(3)15(7-13)20(21)22/h4-7,19H,1-3H3. The molecule has 2 aromatic rings. The number of hydrogen-bond donors (Lipinski definition) is 1. The first-order chi connectivity index (χ1) is 12.1. The van der Waals surface area contributed by atoms with Gasteiger partial charge in [-0.2, -0.15) is 5.26 Å². The number of halogens is 1. The number of hydrogen-bond acceptors (Lipinski definition) is 6. The molecule has 0 spiro atoms. The van der Waals surface area contributed by atoms with E-state index in [0.29, 0.717) is 21.7 Å². The van der Waals surface area contributed by atoms with Gasteiger partial charge in [0.05, 0.1) is 20.5 Å². The average Bonchev–Trinajstić information content (AvgIpc) is 2.53. The molecule has 0 radical (unpaired) electrons. The zero-order chi connectivity index (χ0) is 19.6. The number of nitrogens with zero attached hydrogens (tertiary/aromatic N) is 2. The Kier molecular flexibility index (Phi) is 5.81. The van der Waals surface area contributed by atoms with Gasteiger partial charge in [-0.15, -0.1) is 0 Å². The van der Waals surface area contributed by atoms with Crippen molar-refractivity contribution in [3.05, 3.63) is 56.1 Å². The van der Waals surface area contributed by atoms with E-state index < -0.39 is 14.9 Å². The first-order valence-electron chi connectivity index (χ1n) is 7.21. The molecular weight excluding hydrogens is 398 g/mol. The van der Waals surface area contributed by atoms with Crippen LogP contribution in [-0.2, 0) is 10.0 Å². The molecule has 0 heterocycles. The molecule has 136 valence electrons. The van der Waals surface area contributed by atoms with Crippen molar-refractivity contribution in [2.24, 2.45) is 0 Å². The van der Waals surface area contributed by atoms with E-state index in [4.69, 9.17) is 16.9 Å². The molecule has 0 amide bonds. The predicted octanol–water partition coefficient (Wildman–Crippen LogP) is 4.55. The van der Waals surface area contributed by atoms with E-state index in [0.717, 1.165) is 17.8 Å². The first kappa shape index (κ1) is 20.0. The fourth-order valence-corrected chi connectivity index (χ4v) is 4.48. The first-order valence-corrected chi connectivity index (χ1v) is 9.89. The Balaban J connectivity index is 2.51. The third-order valence-corrected chi connectivity index (χ3v) is 5.99. The smallest absolute Gasteiger partial charge is 0.275 e. The molecular formula is C16H14ClN3O4S2. The van der Waals surface area contributed by atoms with Crippen LogP contribution in [0.15, 0.2) is 34.1 Å². The molecule has 7 nitrogen and oxygen atoms in total. The highest BCUT2D eigenvalue weighted by Gasteiger charge is 2.23. The molecule has 26 heavy (non-hydrogen) atoms. The van der Waals surface area contributed by atoms with Crippen LogP contribution >= 0.6 is 23.4 Å². The maximum absolute atomic E-state index is 12.7. The highest BCUT2D eigenvalue weighted by Crippen LogP contribution is 2.32. The molecule has 1 N–H and O–H groups in total. The monoisotopic (exact) mass is 411 g/mol. The van der Waals surface area contributed by atoms with Crippen molar-refractivity contribution in [2.45, 2.75) is 30.6 Å². The van der Waals surface area contributed by atoms with Gasteiger partial charge in [0.2, 0.25) is 0 Å². The molecule has 2 rings (SSSR count). The number of nitro groups is 1. The van der Waals surface area contributed by atoms with Gasteiger partial charge in [0.25, 0.3) is 15.7 Å². The maximum atomic E-state index is 12.7. The molecule has 0 aromatic heterocycles. The number of benzene rings is 2. The zero-order valence-corrected chi connectivity index (χ0v) is 16.4. The van der Waals surface area contributed by atoms with Gasteiger partial charge in [0, 0.05) is 16.5 Å². The van der Waals surface area contributed by atoms with Crippen LogP contribution in [0.25, 0.3) is 0 Å². The quantitative estimate of drug-likeness (QED) is 0.334. The number of sulfonamides is 1. The Morgan fingerprint density at radius 2 is 1.77 bits per heavy atom. The zero-order valence-electron chi connectivity index (χ0n) is 14.0. The second kappa shape index (κ2) is 7.53. The van der Waals surface area contributed by atoms with Gasteiger partial charge < -0.3 is 0 Å². The summed E-state index contributed by atoms with van der Waals surface area (Å²) in [6.07, 6.45) is 0. The van der Waals surface area contributed by atoms with Crippen LogP contribution in [0.1, 0.15) is 16.7 Å². The lowest BCUT2D eigenvalue weighted by molar-refractivity contribution is -0.385. The lowest BCUT2D eigenvalue weighted by Gasteiger charge is -2.15. The molecule has 0 fully saturated rings. The summed E-state index contributed by atoms with van der Waals surface area (Å²) in [6, 6.07) is 5.53. The van der Waals surface area contributed by atoms with Gasteiger partial charge in [-0.05, 0) is 61.9 Å². The van der Waals surface area contributed by atoms with Crippen molar-refractivity contribution in [2.75, 3.05) is 4.72 Å². The van der Waals surface area contributed by atoms with E-state index in [1.807, 2.05) is 5.40 Å². The van der Waals surface area contributed by atoms with Gasteiger partial charge in [-0.1, -0.05) is 11.6 Å². The van der Waals surface area contributed by atoms with Crippen LogP contribution < -0.4 is 4.72 Å². The van der Waals surface area contributed by atoms with Crippen LogP contribution in [0.4, 0.5) is 11.4 Å². The minimum Gasteiger partial charge on any atom is -0.279 e. The minimum atomic E-state index is -4.09. The van der Waals surface area contributed by atoms with Crippen LogP contribution in [-0.4, -0.2) is 13.3 Å². The predicted molar refractivity (Wildman–Crippen MR) is 101 cm³/mol. The summed E-state index contributed by atoms with van der Waals surface area (Å²) < 4.78 is 27.9. The fourth-order valence-electron chi connectivity index (χ4n) is 2.37. The molecule has 2 aromatic carbocycles. The lowest BCUT2D eigenvalue weighted by atomic mass is 10.1. The molecule has 0 bridgehead atoms. The molecule has 10 heteroatoms. The normalized spacial score (nSPS) is 11.0. The Morgan fingerprint density at radius 1 is 1.19 bits per heavy atom. The molecule has 0 aliphatic heterocycles. The number of thiocyanates is 1. The lowest BCUT2D eigenvalue weighted by Crippen LogP contribution is -2.15. The second-order valence-electron chi connectivity index (χ2n) is 5.54. The molecule has 0 aliphatic carbocycles. The Hall–Kier alpha value is -2.28. The Morgan fingerprint density at radius 3 is 2.27 bits per heavy atom. The van der Waals surface area contributed by atoms with Crippen molar-refractivity contribution in [1.82, 2.24) is 0 Å². The summed E-state index contributed by atoms with van der Waals surface area (Å²) in [5.74, 6) is 0. The summed E-state index contributed by atoms with van der Waals surface area (Å²) >= 11 is 6.93. The van der Waals surface area contributed by atoms with Gasteiger partial charge in [0.1, 0.15) is 5.40 Å². The number of aryl methyl sites for hydroxylation is 2. The summed E-state index contributed by atoms with van der Waals surface area (Å²) in [5, 5.41) is 21.8. The van der Waals surface area contributed by atoms with Gasteiger partial charge in [-0.25, -0.2) is 8.42 Å². The van der Waals surface area contributed by atoms with Gasteiger partial charge >= 0.3 is 0 Å².